The third kappa shape index (κ3) is 2.17. The molecule has 4 heteroatoms. The van der Waals surface area contributed by atoms with Gasteiger partial charge in [0.15, 0.2) is 0 Å². The maximum atomic E-state index is 12.4. The molecule has 0 bridgehead atoms. The number of hydrogen-bond acceptors (Lipinski definition) is 1. The third-order valence-corrected chi connectivity index (χ3v) is 3.76. The lowest BCUT2D eigenvalue weighted by atomic mass is 10.1. The second-order valence-corrected chi connectivity index (χ2v) is 5.02. The molecule has 0 unspecified atom stereocenters. The molecule has 0 saturated heterocycles. The van der Waals surface area contributed by atoms with E-state index in [1.165, 1.54) is 0 Å². The van der Waals surface area contributed by atoms with Gasteiger partial charge in [0.05, 0.1) is 0 Å². The number of hydrogen-bond donors (Lipinski definition) is 2. The zero-order valence-electron chi connectivity index (χ0n) is 10.9. The summed E-state index contributed by atoms with van der Waals surface area (Å²) in [6.45, 7) is 1.88. The van der Waals surface area contributed by atoms with Crippen molar-refractivity contribution in [1.29, 1.82) is 0 Å². The summed E-state index contributed by atoms with van der Waals surface area (Å²) in [7, 11) is 0. The van der Waals surface area contributed by atoms with Gasteiger partial charge in [-0.15, -0.1) is 0 Å². The molecule has 3 nitrogen and oxygen atoms in total. The number of amides is 1. The van der Waals surface area contributed by atoms with Gasteiger partial charge < -0.3 is 10.3 Å². The number of nitrogens with one attached hydrogen (secondary N) is 2. The molecule has 0 fully saturated rings. The van der Waals surface area contributed by atoms with Crippen molar-refractivity contribution >= 4 is 34.1 Å². The molecule has 20 heavy (non-hydrogen) atoms. The smallest absolute Gasteiger partial charge is 0.256 e. The zero-order valence-corrected chi connectivity index (χ0v) is 11.7. The number of halogens is 1. The van der Waals surface area contributed by atoms with Gasteiger partial charge in [-0.1, -0.05) is 23.7 Å². The number of carbonyl (C=O) groups is 1. The van der Waals surface area contributed by atoms with E-state index in [1.807, 2.05) is 49.5 Å². The number of aromatic nitrogens is 1. The first-order valence-corrected chi connectivity index (χ1v) is 6.67. The summed E-state index contributed by atoms with van der Waals surface area (Å²) in [4.78, 5) is 15.5. The Morgan fingerprint density at radius 1 is 1.15 bits per heavy atom. The first kappa shape index (κ1) is 12.8. The van der Waals surface area contributed by atoms with E-state index in [2.05, 4.69) is 10.3 Å². The predicted molar refractivity (Wildman–Crippen MR) is 82.4 cm³/mol. The van der Waals surface area contributed by atoms with Crippen LogP contribution in [0.1, 0.15) is 15.9 Å². The Labute approximate surface area is 121 Å². The number of rotatable bonds is 2. The summed E-state index contributed by atoms with van der Waals surface area (Å²) in [5.41, 5.74) is 3.18. The Bertz CT molecular complexity index is 792. The summed E-state index contributed by atoms with van der Waals surface area (Å²) >= 11 is 6.06. The summed E-state index contributed by atoms with van der Waals surface area (Å²) < 4.78 is 0. The summed E-state index contributed by atoms with van der Waals surface area (Å²) in [5, 5.41) is 4.46. The minimum absolute atomic E-state index is 0.138. The van der Waals surface area contributed by atoms with Gasteiger partial charge in [-0.3, -0.25) is 4.79 Å². The average molecular weight is 285 g/mol. The van der Waals surface area contributed by atoms with E-state index in [0.29, 0.717) is 10.6 Å². The number of aromatic amines is 1. The lowest BCUT2D eigenvalue weighted by Gasteiger charge is -2.10. The van der Waals surface area contributed by atoms with Gasteiger partial charge in [-0.2, -0.15) is 0 Å². The van der Waals surface area contributed by atoms with E-state index in [4.69, 9.17) is 11.6 Å². The summed E-state index contributed by atoms with van der Waals surface area (Å²) in [6, 6.07) is 13.0. The molecule has 3 aromatic rings. The van der Waals surface area contributed by atoms with Crippen LogP contribution in [0.25, 0.3) is 10.9 Å². The van der Waals surface area contributed by atoms with Crippen LogP contribution < -0.4 is 5.32 Å². The lowest BCUT2D eigenvalue weighted by Crippen LogP contribution is -2.13. The number of anilines is 1. The summed E-state index contributed by atoms with van der Waals surface area (Å²) in [5.74, 6) is -0.138. The van der Waals surface area contributed by atoms with E-state index in [1.54, 1.807) is 6.07 Å². The van der Waals surface area contributed by atoms with E-state index < -0.39 is 0 Å². The van der Waals surface area contributed by atoms with Crippen molar-refractivity contribution in [3.8, 4) is 0 Å². The predicted octanol–water partition coefficient (Wildman–Crippen LogP) is 4.38. The molecule has 100 valence electrons. The van der Waals surface area contributed by atoms with Crippen LogP contribution in [0.5, 0.6) is 0 Å². The van der Waals surface area contributed by atoms with E-state index in [9.17, 15) is 4.79 Å². The van der Waals surface area contributed by atoms with Gasteiger partial charge in [0.2, 0.25) is 0 Å². The molecule has 1 aromatic heterocycles. The molecule has 0 atom stereocenters. The van der Waals surface area contributed by atoms with Crippen LogP contribution in [-0.2, 0) is 0 Å². The van der Waals surface area contributed by atoms with Gasteiger partial charge in [0.25, 0.3) is 5.91 Å². The molecular formula is C16H13ClN2O. The molecule has 2 aromatic carbocycles. The van der Waals surface area contributed by atoms with E-state index >= 15 is 0 Å². The highest BCUT2D eigenvalue weighted by molar-refractivity contribution is 6.31. The Morgan fingerprint density at radius 2 is 1.95 bits per heavy atom. The van der Waals surface area contributed by atoms with Crippen molar-refractivity contribution in [2.45, 2.75) is 6.92 Å². The molecule has 0 aliphatic carbocycles. The van der Waals surface area contributed by atoms with Crippen LogP contribution in [0.4, 0.5) is 5.69 Å². The number of benzene rings is 2. The topological polar surface area (TPSA) is 44.9 Å². The Balaban J connectivity index is 1.97. The van der Waals surface area contributed by atoms with Gasteiger partial charge in [-0.05, 0) is 42.8 Å². The van der Waals surface area contributed by atoms with Crippen LogP contribution >= 0.6 is 11.6 Å². The van der Waals surface area contributed by atoms with Crippen molar-refractivity contribution in [2.24, 2.45) is 0 Å². The van der Waals surface area contributed by atoms with Gasteiger partial charge >= 0.3 is 0 Å². The Hall–Kier alpha value is -2.26. The second kappa shape index (κ2) is 5.02. The first-order chi connectivity index (χ1) is 9.66. The number of H-pyrrole nitrogens is 1. The molecule has 0 radical (unpaired) electrons. The van der Waals surface area contributed by atoms with Gasteiger partial charge in [0.1, 0.15) is 0 Å². The molecule has 2 N–H and O–H groups in total. The highest BCUT2D eigenvalue weighted by atomic mass is 35.5. The Morgan fingerprint density at radius 3 is 2.80 bits per heavy atom. The van der Waals surface area contributed by atoms with E-state index in [0.717, 1.165) is 22.2 Å². The average Bonchev–Trinajstić information content (AvgIpc) is 2.92. The molecule has 0 aliphatic heterocycles. The fraction of sp³-hybridized carbons (Fsp3) is 0.0625. The zero-order chi connectivity index (χ0) is 14.1. The largest absolute Gasteiger partial charge is 0.361 e. The molecule has 3 rings (SSSR count). The van der Waals surface area contributed by atoms with Crippen molar-refractivity contribution in [3.05, 3.63) is 64.8 Å². The molecule has 1 heterocycles. The van der Waals surface area contributed by atoms with Crippen molar-refractivity contribution < 1.29 is 4.79 Å². The molecule has 1 amide bonds. The quantitative estimate of drug-likeness (QED) is 0.720. The highest BCUT2D eigenvalue weighted by Crippen LogP contribution is 2.24. The van der Waals surface area contributed by atoms with Gasteiger partial charge in [0, 0.05) is 33.4 Å². The normalized spacial score (nSPS) is 10.7. The molecule has 0 saturated carbocycles. The van der Waals surface area contributed by atoms with Crippen LogP contribution in [0.2, 0.25) is 5.02 Å². The highest BCUT2D eigenvalue weighted by Gasteiger charge is 2.12. The van der Waals surface area contributed by atoms with Crippen LogP contribution in [0.15, 0.2) is 48.7 Å². The third-order valence-electron chi connectivity index (χ3n) is 3.36. The van der Waals surface area contributed by atoms with Crippen molar-refractivity contribution in [3.63, 3.8) is 0 Å². The maximum Gasteiger partial charge on any atom is 0.256 e. The SMILES string of the molecule is Cc1c(Cl)cccc1NC(=O)c1cccc2[nH]ccc12. The minimum Gasteiger partial charge on any atom is -0.361 e. The number of fused-ring (bicyclic) bond motifs is 1. The van der Waals surface area contributed by atoms with Crippen molar-refractivity contribution in [2.75, 3.05) is 5.32 Å². The maximum absolute atomic E-state index is 12.4. The molecule has 0 spiro atoms. The van der Waals surface area contributed by atoms with Gasteiger partial charge in [-0.25, -0.2) is 0 Å². The van der Waals surface area contributed by atoms with Crippen LogP contribution in [0.3, 0.4) is 0 Å². The molecule has 0 aliphatic rings. The molecular weight excluding hydrogens is 272 g/mol. The van der Waals surface area contributed by atoms with E-state index in [-0.39, 0.29) is 5.91 Å². The fourth-order valence-corrected chi connectivity index (χ4v) is 2.39. The Kier molecular flexibility index (Phi) is 3.20. The second-order valence-electron chi connectivity index (χ2n) is 4.61. The monoisotopic (exact) mass is 284 g/mol. The van der Waals surface area contributed by atoms with Crippen molar-refractivity contribution in [1.82, 2.24) is 4.98 Å². The first-order valence-electron chi connectivity index (χ1n) is 6.29. The summed E-state index contributed by atoms with van der Waals surface area (Å²) in [6.07, 6.45) is 1.83. The standard InChI is InChI=1S/C16H13ClN2O/c1-10-13(17)5-3-6-14(10)19-16(20)12-4-2-7-15-11(12)8-9-18-15/h2-9,18H,1H3,(H,19,20). The minimum atomic E-state index is -0.138. The lowest BCUT2D eigenvalue weighted by molar-refractivity contribution is 0.102. The van der Waals surface area contributed by atoms with Crippen LogP contribution in [0, 0.1) is 6.92 Å². The van der Waals surface area contributed by atoms with Crippen LogP contribution in [-0.4, -0.2) is 10.9 Å². The number of carbonyl (C=O) groups excluding carboxylic acids is 1. The fourth-order valence-electron chi connectivity index (χ4n) is 2.22.